The lowest BCUT2D eigenvalue weighted by molar-refractivity contribution is 0.0716. The number of hydrogen-bond donors (Lipinski definition) is 0. The average Bonchev–Trinajstić information content (AvgIpc) is 2.94. The summed E-state index contributed by atoms with van der Waals surface area (Å²) in [7, 11) is 3.82. The molecular weight excluding hydrogens is 349 g/mol. The van der Waals surface area contributed by atoms with Gasteiger partial charge in [0.25, 0.3) is 5.91 Å². The van der Waals surface area contributed by atoms with Crippen molar-refractivity contribution >= 4 is 16.9 Å². The van der Waals surface area contributed by atoms with Gasteiger partial charge in [-0.3, -0.25) is 14.6 Å². The van der Waals surface area contributed by atoms with E-state index in [9.17, 15) is 14.0 Å². The minimum absolute atomic E-state index is 0.0275. The monoisotopic (exact) mass is 367 g/mol. The van der Waals surface area contributed by atoms with Gasteiger partial charge in [0, 0.05) is 25.5 Å². The molecule has 0 unspecified atom stereocenters. The predicted octanol–water partition coefficient (Wildman–Crippen LogP) is 2.43. The number of halogens is 1. The van der Waals surface area contributed by atoms with Crippen molar-refractivity contribution in [3.63, 3.8) is 0 Å². The second-order valence-corrected chi connectivity index (χ2v) is 6.80. The quantitative estimate of drug-likeness (QED) is 0.709. The first-order chi connectivity index (χ1) is 13.0. The third kappa shape index (κ3) is 2.90. The fourth-order valence-electron chi connectivity index (χ4n) is 3.42. The molecule has 0 bridgehead atoms. The molecule has 6 nitrogen and oxygen atoms in total. The maximum Gasteiger partial charge on any atom is 0.290 e. The third-order valence-electron chi connectivity index (χ3n) is 4.74. The Hall–Kier alpha value is -3.06. The summed E-state index contributed by atoms with van der Waals surface area (Å²) < 4.78 is 19.4. The number of benzene rings is 1. The molecule has 1 aromatic carbocycles. The molecule has 1 aliphatic rings. The standard InChI is InChI=1S/C20H18FN3O3/c1-23(2)9-10-24-17(12-5-7-22-8-6-12)16-18(25)14-11-13(21)3-4-15(14)27-19(16)20(24)26/h3-8,11,17H,9-10H2,1-2H3/t17-/m1/s1. The highest BCUT2D eigenvalue weighted by Crippen LogP contribution is 2.37. The first-order valence-electron chi connectivity index (χ1n) is 8.59. The number of likely N-dealkylation sites (N-methyl/N-ethyl adjacent to an activating group) is 1. The largest absolute Gasteiger partial charge is 0.450 e. The first kappa shape index (κ1) is 17.4. The van der Waals surface area contributed by atoms with Crippen LogP contribution in [0.5, 0.6) is 0 Å². The summed E-state index contributed by atoms with van der Waals surface area (Å²) in [6.07, 6.45) is 3.23. The number of nitrogens with zero attached hydrogens (tertiary/aromatic N) is 3. The normalized spacial score (nSPS) is 16.4. The molecule has 4 rings (SSSR count). The Labute approximate surface area is 154 Å². The molecule has 3 heterocycles. The summed E-state index contributed by atoms with van der Waals surface area (Å²) in [5.74, 6) is -0.833. The van der Waals surface area contributed by atoms with Gasteiger partial charge in [-0.2, -0.15) is 0 Å². The maximum absolute atomic E-state index is 13.7. The Morgan fingerprint density at radius 2 is 1.93 bits per heavy atom. The molecule has 3 aromatic rings. The van der Waals surface area contributed by atoms with E-state index in [2.05, 4.69) is 4.98 Å². The molecule has 1 amide bonds. The van der Waals surface area contributed by atoms with E-state index < -0.39 is 11.9 Å². The van der Waals surface area contributed by atoms with Crippen LogP contribution in [-0.2, 0) is 0 Å². The van der Waals surface area contributed by atoms with Crippen LogP contribution < -0.4 is 5.43 Å². The molecule has 27 heavy (non-hydrogen) atoms. The number of aromatic nitrogens is 1. The summed E-state index contributed by atoms with van der Waals surface area (Å²) in [4.78, 5) is 33.8. The van der Waals surface area contributed by atoms with Gasteiger partial charge in [0.05, 0.1) is 17.0 Å². The van der Waals surface area contributed by atoms with Crippen LogP contribution in [-0.4, -0.2) is 47.9 Å². The molecule has 0 saturated heterocycles. The molecule has 138 valence electrons. The summed E-state index contributed by atoms with van der Waals surface area (Å²) >= 11 is 0. The lowest BCUT2D eigenvalue weighted by Gasteiger charge is -2.26. The molecule has 7 heteroatoms. The van der Waals surface area contributed by atoms with Gasteiger partial charge in [-0.1, -0.05) is 0 Å². The number of fused-ring (bicyclic) bond motifs is 2. The smallest absolute Gasteiger partial charge is 0.290 e. The summed E-state index contributed by atoms with van der Waals surface area (Å²) in [5.41, 5.74) is 0.840. The fraction of sp³-hybridized carbons (Fsp3) is 0.250. The maximum atomic E-state index is 13.7. The van der Waals surface area contributed by atoms with Crippen LogP contribution in [0.2, 0.25) is 0 Å². The van der Waals surface area contributed by atoms with E-state index in [0.717, 1.165) is 11.6 Å². The summed E-state index contributed by atoms with van der Waals surface area (Å²) in [6, 6.07) is 6.69. The molecule has 0 radical (unpaired) electrons. The van der Waals surface area contributed by atoms with E-state index in [1.54, 1.807) is 29.4 Å². The molecule has 0 N–H and O–H groups in total. The van der Waals surface area contributed by atoms with Crippen molar-refractivity contribution in [3.8, 4) is 0 Å². The number of pyridine rings is 1. The second-order valence-electron chi connectivity index (χ2n) is 6.80. The van der Waals surface area contributed by atoms with Gasteiger partial charge in [0.15, 0.2) is 5.43 Å². The Bertz CT molecular complexity index is 1080. The van der Waals surface area contributed by atoms with Gasteiger partial charge in [0.2, 0.25) is 5.76 Å². The Morgan fingerprint density at radius 1 is 1.19 bits per heavy atom. The predicted molar refractivity (Wildman–Crippen MR) is 98.1 cm³/mol. The van der Waals surface area contributed by atoms with Gasteiger partial charge >= 0.3 is 0 Å². The van der Waals surface area contributed by atoms with Crippen molar-refractivity contribution in [3.05, 3.63) is 75.7 Å². The number of hydrogen-bond acceptors (Lipinski definition) is 5. The zero-order valence-corrected chi connectivity index (χ0v) is 15.0. The Morgan fingerprint density at radius 3 is 2.63 bits per heavy atom. The van der Waals surface area contributed by atoms with Crippen molar-refractivity contribution in [1.82, 2.24) is 14.8 Å². The van der Waals surface area contributed by atoms with Crippen LogP contribution in [0.25, 0.3) is 11.0 Å². The highest BCUT2D eigenvalue weighted by molar-refractivity contribution is 5.99. The van der Waals surface area contributed by atoms with E-state index in [-0.39, 0.29) is 33.6 Å². The molecule has 2 aromatic heterocycles. The molecule has 1 aliphatic heterocycles. The number of carbonyl (C=O) groups is 1. The average molecular weight is 367 g/mol. The molecule has 0 spiro atoms. The number of amides is 1. The second kappa shape index (κ2) is 6.59. The minimum atomic E-state index is -0.584. The highest BCUT2D eigenvalue weighted by atomic mass is 19.1. The fourth-order valence-corrected chi connectivity index (χ4v) is 3.42. The number of rotatable bonds is 4. The molecular formula is C20H18FN3O3. The van der Waals surface area contributed by atoms with Crippen molar-refractivity contribution in [1.29, 1.82) is 0 Å². The van der Waals surface area contributed by atoms with Crippen molar-refractivity contribution in [2.24, 2.45) is 0 Å². The Kier molecular flexibility index (Phi) is 4.24. The minimum Gasteiger partial charge on any atom is -0.450 e. The van der Waals surface area contributed by atoms with Gasteiger partial charge in [-0.25, -0.2) is 4.39 Å². The summed E-state index contributed by atoms with van der Waals surface area (Å²) in [5, 5.41) is 0.134. The van der Waals surface area contributed by atoms with Crippen molar-refractivity contribution in [2.45, 2.75) is 6.04 Å². The van der Waals surface area contributed by atoms with E-state index >= 15 is 0 Å². The van der Waals surface area contributed by atoms with Crippen LogP contribution in [0.15, 0.2) is 51.9 Å². The Balaban J connectivity index is 1.95. The number of carbonyl (C=O) groups excluding carboxylic acids is 1. The molecule has 0 aliphatic carbocycles. The van der Waals surface area contributed by atoms with Crippen LogP contribution in [0.4, 0.5) is 4.39 Å². The molecule has 1 atom stereocenters. The lowest BCUT2D eigenvalue weighted by atomic mass is 9.99. The topological polar surface area (TPSA) is 66.7 Å². The van der Waals surface area contributed by atoms with Gasteiger partial charge < -0.3 is 14.2 Å². The van der Waals surface area contributed by atoms with Gasteiger partial charge in [-0.15, -0.1) is 0 Å². The lowest BCUT2D eigenvalue weighted by Crippen LogP contribution is -2.35. The first-order valence-corrected chi connectivity index (χ1v) is 8.59. The van der Waals surface area contributed by atoms with E-state index in [1.165, 1.54) is 12.1 Å². The van der Waals surface area contributed by atoms with Gasteiger partial charge in [0.1, 0.15) is 11.4 Å². The van der Waals surface area contributed by atoms with Crippen LogP contribution in [0, 0.1) is 5.82 Å². The third-order valence-corrected chi connectivity index (χ3v) is 4.74. The van der Waals surface area contributed by atoms with E-state index in [1.807, 2.05) is 19.0 Å². The zero-order chi connectivity index (χ0) is 19.1. The van der Waals surface area contributed by atoms with Crippen LogP contribution in [0.3, 0.4) is 0 Å². The van der Waals surface area contributed by atoms with Crippen LogP contribution >= 0.6 is 0 Å². The van der Waals surface area contributed by atoms with Crippen molar-refractivity contribution in [2.75, 3.05) is 27.2 Å². The zero-order valence-electron chi connectivity index (χ0n) is 15.0. The summed E-state index contributed by atoms with van der Waals surface area (Å²) in [6.45, 7) is 1.05. The highest BCUT2D eigenvalue weighted by Gasteiger charge is 2.42. The van der Waals surface area contributed by atoms with Crippen LogP contribution in [0.1, 0.15) is 27.7 Å². The van der Waals surface area contributed by atoms with Gasteiger partial charge in [-0.05, 0) is 50.0 Å². The molecule has 0 saturated carbocycles. The van der Waals surface area contributed by atoms with E-state index in [4.69, 9.17) is 4.42 Å². The van der Waals surface area contributed by atoms with E-state index in [0.29, 0.717) is 13.1 Å². The molecule has 0 fully saturated rings. The SMILES string of the molecule is CN(C)CCN1C(=O)c2oc3ccc(F)cc3c(=O)c2[C@H]1c1ccncc1. The van der Waals surface area contributed by atoms with Crippen molar-refractivity contribution < 1.29 is 13.6 Å².